The molecule has 0 bridgehead atoms. The maximum absolute atomic E-state index is 10.6. The second-order valence-electron chi connectivity index (χ2n) is 4.00. The Labute approximate surface area is 127 Å². The molecule has 0 spiro atoms. The molecule has 0 aliphatic rings. The summed E-state index contributed by atoms with van der Waals surface area (Å²) in [6.45, 7) is 0. The van der Waals surface area contributed by atoms with Crippen LogP contribution in [0.1, 0.15) is 5.56 Å². The first-order chi connectivity index (χ1) is 9.60. The van der Waals surface area contributed by atoms with Crippen LogP contribution in [0.4, 0.5) is 11.4 Å². The Morgan fingerprint density at radius 1 is 1.14 bits per heavy atom. The molecule has 0 atom stereocenters. The molecule has 0 aliphatic heterocycles. The molecule has 0 aromatic heterocycles. The van der Waals surface area contributed by atoms with Crippen LogP contribution in [-0.2, 0) is 0 Å². The number of benzene rings is 2. The van der Waals surface area contributed by atoms with Crippen molar-refractivity contribution in [2.75, 3.05) is 7.11 Å². The van der Waals surface area contributed by atoms with Crippen molar-refractivity contribution < 1.29 is 9.66 Å². The molecular formula is C14H14ClN3O3. The van der Waals surface area contributed by atoms with Crippen molar-refractivity contribution in [2.45, 2.75) is 0 Å². The number of methoxy groups -OCH3 is 1. The number of nitro benzene ring substituents is 1. The molecule has 110 valence electrons. The van der Waals surface area contributed by atoms with Gasteiger partial charge in [-0.05, 0) is 36.4 Å². The minimum atomic E-state index is -0.458. The van der Waals surface area contributed by atoms with E-state index in [4.69, 9.17) is 10.5 Å². The fourth-order valence-corrected chi connectivity index (χ4v) is 1.61. The zero-order valence-corrected chi connectivity index (χ0v) is 12.0. The summed E-state index contributed by atoms with van der Waals surface area (Å²) in [6, 6.07) is 13.0. The molecule has 6 nitrogen and oxygen atoms in total. The van der Waals surface area contributed by atoms with E-state index in [9.17, 15) is 10.1 Å². The molecule has 0 saturated heterocycles. The van der Waals surface area contributed by atoms with Crippen LogP contribution in [-0.4, -0.2) is 17.9 Å². The van der Waals surface area contributed by atoms with Gasteiger partial charge in [0, 0.05) is 17.7 Å². The van der Waals surface area contributed by atoms with Gasteiger partial charge in [-0.15, -0.1) is 12.4 Å². The van der Waals surface area contributed by atoms with Gasteiger partial charge in [0.05, 0.1) is 17.7 Å². The molecule has 2 N–H and O–H groups in total. The third kappa shape index (κ3) is 4.19. The van der Waals surface area contributed by atoms with E-state index in [0.29, 0.717) is 17.1 Å². The molecule has 7 heteroatoms. The quantitative estimate of drug-likeness (QED) is 0.407. The lowest BCUT2D eigenvalue weighted by Crippen LogP contribution is -2.12. The zero-order chi connectivity index (χ0) is 14.5. The lowest BCUT2D eigenvalue weighted by molar-refractivity contribution is -0.384. The van der Waals surface area contributed by atoms with Crippen molar-refractivity contribution in [1.29, 1.82) is 0 Å². The van der Waals surface area contributed by atoms with E-state index in [1.165, 1.54) is 12.1 Å². The van der Waals surface area contributed by atoms with Gasteiger partial charge in [0.2, 0.25) is 0 Å². The van der Waals surface area contributed by atoms with E-state index in [1.807, 2.05) is 0 Å². The fourth-order valence-electron chi connectivity index (χ4n) is 1.61. The van der Waals surface area contributed by atoms with E-state index >= 15 is 0 Å². The number of rotatable bonds is 4. The molecule has 0 saturated carbocycles. The average molecular weight is 308 g/mol. The Bertz CT molecular complexity index is 640. The Balaban J connectivity index is 0.00000220. The van der Waals surface area contributed by atoms with Gasteiger partial charge in [-0.25, -0.2) is 4.99 Å². The minimum absolute atomic E-state index is 0. The highest BCUT2D eigenvalue weighted by molar-refractivity contribution is 5.99. The number of nitrogens with zero attached hydrogens (tertiary/aromatic N) is 2. The maximum atomic E-state index is 10.6. The average Bonchev–Trinajstić information content (AvgIpc) is 2.48. The molecule has 0 fully saturated rings. The van der Waals surface area contributed by atoms with Crippen molar-refractivity contribution in [1.82, 2.24) is 0 Å². The Hall–Kier alpha value is -2.60. The van der Waals surface area contributed by atoms with Gasteiger partial charge in [0.1, 0.15) is 11.6 Å². The Morgan fingerprint density at radius 3 is 2.19 bits per heavy atom. The molecule has 0 unspecified atom stereocenters. The molecule has 0 heterocycles. The second-order valence-corrected chi connectivity index (χ2v) is 4.00. The first-order valence-corrected chi connectivity index (χ1v) is 5.83. The van der Waals surface area contributed by atoms with E-state index < -0.39 is 4.92 Å². The number of amidine groups is 1. The standard InChI is InChI=1S/C14H13N3O3.ClH/c1-20-13-8-4-11(5-9-13)16-14(15)10-2-6-12(7-3-10)17(18)19;/h2-9H,1H3,(H2,15,16);1H. The number of nitro groups is 1. The van der Waals surface area contributed by atoms with Gasteiger partial charge in [0.15, 0.2) is 0 Å². The van der Waals surface area contributed by atoms with Crippen molar-refractivity contribution in [3.63, 3.8) is 0 Å². The summed E-state index contributed by atoms with van der Waals surface area (Å²) < 4.78 is 5.05. The van der Waals surface area contributed by atoms with Crippen LogP contribution < -0.4 is 10.5 Å². The van der Waals surface area contributed by atoms with Crippen LogP contribution in [0.15, 0.2) is 53.5 Å². The Morgan fingerprint density at radius 2 is 1.71 bits per heavy atom. The number of aliphatic imine (C=N–C) groups is 1. The highest BCUT2D eigenvalue weighted by Crippen LogP contribution is 2.19. The number of ether oxygens (including phenoxy) is 1. The number of non-ortho nitro benzene ring substituents is 1. The summed E-state index contributed by atoms with van der Waals surface area (Å²) in [5.41, 5.74) is 7.21. The van der Waals surface area contributed by atoms with Gasteiger partial charge >= 0.3 is 0 Å². The lowest BCUT2D eigenvalue weighted by Gasteiger charge is -2.02. The molecule has 0 amide bonds. The van der Waals surface area contributed by atoms with Gasteiger partial charge in [-0.1, -0.05) is 0 Å². The summed E-state index contributed by atoms with van der Waals surface area (Å²) in [5, 5.41) is 10.6. The van der Waals surface area contributed by atoms with Crippen LogP contribution in [0, 0.1) is 10.1 Å². The topological polar surface area (TPSA) is 90.8 Å². The third-order valence-corrected chi connectivity index (χ3v) is 2.70. The number of nitrogens with two attached hydrogens (primary N) is 1. The summed E-state index contributed by atoms with van der Waals surface area (Å²) in [6.07, 6.45) is 0. The van der Waals surface area contributed by atoms with E-state index in [1.54, 1.807) is 43.5 Å². The van der Waals surface area contributed by atoms with Gasteiger partial charge < -0.3 is 10.5 Å². The van der Waals surface area contributed by atoms with Crippen LogP contribution in [0.2, 0.25) is 0 Å². The summed E-state index contributed by atoms with van der Waals surface area (Å²) >= 11 is 0. The molecule has 2 rings (SSSR count). The molecular weight excluding hydrogens is 294 g/mol. The van der Waals surface area contributed by atoms with Crippen LogP contribution in [0.5, 0.6) is 5.75 Å². The third-order valence-electron chi connectivity index (χ3n) is 2.70. The summed E-state index contributed by atoms with van der Waals surface area (Å²) in [7, 11) is 1.59. The van der Waals surface area contributed by atoms with Gasteiger partial charge in [0.25, 0.3) is 5.69 Å². The molecule has 21 heavy (non-hydrogen) atoms. The summed E-state index contributed by atoms with van der Waals surface area (Å²) in [4.78, 5) is 14.4. The predicted molar refractivity (Wildman–Crippen MR) is 83.7 cm³/mol. The molecule has 2 aromatic rings. The highest BCUT2D eigenvalue weighted by Gasteiger charge is 2.05. The zero-order valence-electron chi connectivity index (χ0n) is 11.2. The van der Waals surface area contributed by atoms with Crippen LogP contribution in [0.25, 0.3) is 0 Å². The van der Waals surface area contributed by atoms with Crippen molar-refractivity contribution in [2.24, 2.45) is 10.7 Å². The van der Waals surface area contributed by atoms with Crippen molar-refractivity contribution in [3.05, 3.63) is 64.2 Å². The Kier molecular flexibility index (Phi) is 5.68. The SMILES string of the molecule is COc1ccc(N=C(N)c2ccc([N+](=O)[O-])cc2)cc1.Cl. The van der Waals surface area contributed by atoms with Gasteiger partial charge in [-0.3, -0.25) is 10.1 Å². The fraction of sp³-hybridized carbons (Fsp3) is 0.0714. The van der Waals surface area contributed by atoms with Crippen molar-refractivity contribution >= 4 is 29.6 Å². The minimum Gasteiger partial charge on any atom is -0.497 e. The molecule has 0 radical (unpaired) electrons. The predicted octanol–water partition coefficient (Wildman–Crippen LogP) is 3.06. The van der Waals surface area contributed by atoms with E-state index in [2.05, 4.69) is 4.99 Å². The van der Waals surface area contributed by atoms with E-state index in [0.717, 1.165) is 5.75 Å². The largest absolute Gasteiger partial charge is 0.497 e. The molecule has 2 aromatic carbocycles. The van der Waals surface area contributed by atoms with Crippen molar-refractivity contribution in [3.8, 4) is 5.75 Å². The van der Waals surface area contributed by atoms with E-state index in [-0.39, 0.29) is 18.1 Å². The normalized spacial score (nSPS) is 10.6. The first-order valence-electron chi connectivity index (χ1n) is 5.83. The smallest absolute Gasteiger partial charge is 0.269 e. The van der Waals surface area contributed by atoms with Gasteiger partial charge in [-0.2, -0.15) is 0 Å². The summed E-state index contributed by atoms with van der Waals surface area (Å²) in [5.74, 6) is 1.03. The molecule has 0 aliphatic carbocycles. The first kappa shape index (κ1) is 16.5. The number of hydrogen-bond acceptors (Lipinski definition) is 4. The number of hydrogen-bond donors (Lipinski definition) is 1. The van der Waals surface area contributed by atoms with Crippen LogP contribution in [0.3, 0.4) is 0 Å². The lowest BCUT2D eigenvalue weighted by atomic mass is 10.2. The monoisotopic (exact) mass is 307 g/mol. The van der Waals surface area contributed by atoms with Crippen LogP contribution >= 0.6 is 12.4 Å². The maximum Gasteiger partial charge on any atom is 0.269 e. The highest BCUT2D eigenvalue weighted by atomic mass is 35.5. The second kappa shape index (κ2) is 7.25. The number of halogens is 1.